The van der Waals surface area contributed by atoms with Crippen LogP contribution in [0.2, 0.25) is 0 Å². The number of aliphatic hydroxyl groups is 1. The third-order valence-electron chi connectivity index (χ3n) is 2.25. The van der Waals surface area contributed by atoms with Gasteiger partial charge < -0.3 is 9.90 Å². The number of hydrogen-bond donors (Lipinski definition) is 1. The zero-order valence-electron chi connectivity index (χ0n) is 14.1. The van der Waals surface area contributed by atoms with Gasteiger partial charge in [-0.1, -0.05) is 56.4 Å². The van der Waals surface area contributed by atoms with Crippen LogP contribution in [0, 0.1) is 0 Å². The van der Waals surface area contributed by atoms with E-state index in [1.807, 2.05) is 18.9 Å². The molecule has 126 valence electrons. The summed E-state index contributed by atoms with van der Waals surface area (Å²) in [5, 5.41) is 8.40. The first kappa shape index (κ1) is 25.2. The third kappa shape index (κ3) is 36.2. The molecule has 0 radical (unpaired) electrons. The maximum atomic E-state index is 9.79. The molecule has 0 atom stereocenters. The maximum Gasteiger partial charge on any atom is 0.142 e. The van der Waals surface area contributed by atoms with Crippen molar-refractivity contribution >= 4 is 13.1 Å². The summed E-state index contributed by atoms with van der Waals surface area (Å²) < 4.78 is 0. The first-order valence-corrected chi connectivity index (χ1v) is 7.78. The highest BCUT2D eigenvalue weighted by Crippen LogP contribution is 1.93. The van der Waals surface area contributed by atoms with Gasteiger partial charge in [-0.25, -0.2) is 0 Å². The largest absolute Gasteiger partial charge is 0.396 e. The molecule has 0 aliphatic carbocycles. The van der Waals surface area contributed by atoms with Gasteiger partial charge in [0, 0.05) is 6.61 Å². The highest BCUT2D eigenvalue weighted by atomic mass is 16.2. The number of carbonyl (C=O) groups excluding carboxylic acids is 2. The Morgan fingerprint density at radius 3 is 1.82 bits per heavy atom. The van der Waals surface area contributed by atoms with Gasteiger partial charge in [0.1, 0.15) is 13.1 Å². The van der Waals surface area contributed by atoms with Crippen LogP contribution in [-0.2, 0) is 9.59 Å². The number of allylic oxidation sites excluding steroid dienone is 7. The predicted molar refractivity (Wildman–Crippen MR) is 95.9 cm³/mol. The quantitative estimate of drug-likeness (QED) is 0.278. The molecule has 0 saturated heterocycles. The van der Waals surface area contributed by atoms with Crippen LogP contribution >= 0.6 is 0 Å². The van der Waals surface area contributed by atoms with Gasteiger partial charge in [0.05, 0.1) is 0 Å². The molecule has 0 aromatic rings. The summed E-state index contributed by atoms with van der Waals surface area (Å²) in [6.07, 6.45) is 22.8. The van der Waals surface area contributed by atoms with Crippen molar-refractivity contribution in [3.63, 3.8) is 0 Å². The van der Waals surface area contributed by atoms with E-state index in [0.29, 0.717) is 0 Å². The Balaban J connectivity index is -0.000000294. The molecule has 0 heterocycles. The van der Waals surface area contributed by atoms with Crippen molar-refractivity contribution in [2.45, 2.75) is 52.4 Å². The molecule has 0 saturated carbocycles. The highest BCUT2D eigenvalue weighted by Gasteiger charge is 1.74. The Labute approximate surface area is 136 Å². The Morgan fingerprint density at radius 1 is 0.773 bits per heavy atom. The van der Waals surface area contributed by atoms with E-state index in [4.69, 9.17) is 9.90 Å². The number of hydrogen-bond acceptors (Lipinski definition) is 3. The number of aliphatic hydroxyl groups excluding tert-OH is 1. The lowest BCUT2D eigenvalue weighted by Crippen LogP contribution is -1.74. The lowest BCUT2D eigenvalue weighted by Gasteiger charge is -1.83. The minimum absolute atomic E-state index is 0.258. The first-order chi connectivity index (χ1) is 10.8. The van der Waals surface area contributed by atoms with Crippen molar-refractivity contribution in [3.05, 3.63) is 48.6 Å². The summed E-state index contributed by atoms with van der Waals surface area (Å²) in [6, 6.07) is 0. The fourth-order valence-corrected chi connectivity index (χ4v) is 1.26. The number of rotatable bonds is 10. The van der Waals surface area contributed by atoms with Gasteiger partial charge in [0.2, 0.25) is 0 Å². The van der Waals surface area contributed by atoms with E-state index in [2.05, 4.69) is 44.2 Å². The van der Waals surface area contributed by atoms with Crippen LogP contribution in [0.25, 0.3) is 0 Å². The Kier molecular flexibility index (Phi) is 36.2. The second kappa shape index (κ2) is 31.6. The highest BCUT2D eigenvalue weighted by molar-refractivity contribution is 5.64. The number of aldehydes is 1. The molecule has 0 aromatic carbocycles. The van der Waals surface area contributed by atoms with Crippen molar-refractivity contribution in [2.75, 3.05) is 6.61 Å². The predicted octanol–water partition coefficient (Wildman–Crippen LogP) is 4.58. The van der Waals surface area contributed by atoms with Crippen LogP contribution in [0.5, 0.6) is 0 Å². The molecule has 0 rings (SSSR count). The maximum absolute atomic E-state index is 9.79. The molecule has 0 amide bonds. The van der Waals surface area contributed by atoms with Gasteiger partial charge in [0.25, 0.3) is 0 Å². The summed E-state index contributed by atoms with van der Waals surface area (Å²) in [7, 11) is 0. The minimum atomic E-state index is 0.258. The smallest absolute Gasteiger partial charge is 0.142 e. The fourth-order valence-electron chi connectivity index (χ4n) is 1.26. The topological polar surface area (TPSA) is 54.4 Å². The second-order valence-corrected chi connectivity index (χ2v) is 4.12. The summed E-state index contributed by atoms with van der Waals surface area (Å²) in [6.45, 7) is 6.49. The van der Waals surface area contributed by atoms with Gasteiger partial charge in [-0.2, -0.15) is 0 Å². The number of unbranched alkanes of at least 4 members (excludes halogenated alkanes) is 1. The van der Waals surface area contributed by atoms with Gasteiger partial charge in [-0.3, -0.25) is 4.79 Å². The van der Waals surface area contributed by atoms with Gasteiger partial charge in [-0.05, 0) is 44.6 Å². The zero-order valence-corrected chi connectivity index (χ0v) is 14.1. The van der Waals surface area contributed by atoms with Crippen LogP contribution in [0.3, 0.4) is 0 Å². The average Bonchev–Trinajstić information content (AvgIpc) is 2.57. The van der Waals surface area contributed by atoms with Crippen LogP contribution < -0.4 is 0 Å². The van der Waals surface area contributed by atoms with Crippen LogP contribution in [-0.4, -0.2) is 24.8 Å². The van der Waals surface area contributed by atoms with E-state index in [0.717, 1.165) is 44.8 Å². The lowest BCUT2D eigenvalue weighted by molar-refractivity contribution is -0.104. The van der Waals surface area contributed by atoms with Crippen LogP contribution in [0.15, 0.2) is 48.6 Å². The SMILES string of the molecule is C=O.CC/C=C\C/C=C\CCO.CC/C=C\CC/C=C/C=O. The molecule has 22 heavy (non-hydrogen) atoms. The molecule has 0 unspecified atom stereocenters. The van der Waals surface area contributed by atoms with E-state index in [1.165, 1.54) is 0 Å². The average molecular weight is 308 g/mol. The van der Waals surface area contributed by atoms with E-state index in [1.54, 1.807) is 6.08 Å². The molecule has 3 nitrogen and oxygen atoms in total. The summed E-state index contributed by atoms with van der Waals surface area (Å²) in [4.78, 5) is 17.8. The van der Waals surface area contributed by atoms with E-state index < -0.39 is 0 Å². The van der Waals surface area contributed by atoms with Gasteiger partial charge in [-0.15, -0.1) is 0 Å². The molecule has 0 fully saturated rings. The molecule has 3 heteroatoms. The summed E-state index contributed by atoms with van der Waals surface area (Å²) in [5.74, 6) is 0. The zero-order chi connectivity index (χ0) is 17.3. The van der Waals surface area contributed by atoms with Gasteiger partial charge in [0.15, 0.2) is 0 Å². The van der Waals surface area contributed by atoms with Crippen molar-refractivity contribution in [2.24, 2.45) is 0 Å². The second-order valence-electron chi connectivity index (χ2n) is 4.12. The van der Waals surface area contributed by atoms with E-state index in [-0.39, 0.29) is 6.61 Å². The Bertz CT molecular complexity index is 302. The molecule has 0 aliphatic heterocycles. The number of carbonyl (C=O) groups is 2. The molecular formula is C19H32O3. The fraction of sp³-hybridized carbons (Fsp3) is 0.474. The summed E-state index contributed by atoms with van der Waals surface area (Å²) in [5.41, 5.74) is 0. The van der Waals surface area contributed by atoms with E-state index in [9.17, 15) is 4.79 Å². The van der Waals surface area contributed by atoms with Crippen LogP contribution in [0.4, 0.5) is 0 Å². The molecule has 0 aromatic heterocycles. The molecule has 0 spiro atoms. The standard InChI is InChI=1S/C9H16O.C9H14O.CH2O/c2*1-2-3-4-5-6-7-8-9-10;1-2/h3-4,6-7,10H,2,5,8-9H2,1H3;3-4,7-9H,2,5-6H2,1H3;1H2/b4-3-,7-6-;4-3-,8-7+;. The normalized spacial score (nSPS) is 10.7. The van der Waals surface area contributed by atoms with Crippen LogP contribution in [0.1, 0.15) is 52.4 Å². The monoisotopic (exact) mass is 308 g/mol. The lowest BCUT2D eigenvalue weighted by atomic mass is 10.2. The molecule has 1 N–H and O–H groups in total. The third-order valence-corrected chi connectivity index (χ3v) is 2.25. The Morgan fingerprint density at radius 2 is 1.27 bits per heavy atom. The molecule has 0 aliphatic rings. The summed E-state index contributed by atoms with van der Waals surface area (Å²) >= 11 is 0. The van der Waals surface area contributed by atoms with Crippen molar-refractivity contribution in [1.29, 1.82) is 0 Å². The van der Waals surface area contributed by atoms with Gasteiger partial charge >= 0.3 is 0 Å². The Hall–Kier alpha value is -1.74. The van der Waals surface area contributed by atoms with E-state index >= 15 is 0 Å². The first-order valence-electron chi connectivity index (χ1n) is 7.78. The van der Waals surface area contributed by atoms with Crippen molar-refractivity contribution < 1.29 is 14.7 Å². The molecule has 0 bridgehead atoms. The van der Waals surface area contributed by atoms with Crippen molar-refractivity contribution in [1.82, 2.24) is 0 Å². The van der Waals surface area contributed by atoms with Crippen molar-refractivity contribution in [3.8, 4) is 0 Å². The minimum Gasteiger partial charge on any atom is -0.396 e. The molecular weight excluding hydrogens is 276 g/mol.